The number of anilines is 1. The van der Waals surface area contributed by atoms with Crippen molar-refractivity contribution in [2.75, 3.05) is 18.8 Å². The second kappa shape index (κ2) is 9.83. The number of imidazole rings is 1. The van der Waals surface area contributed by atoms with Gasteiger partial charge in [0.1, 0.15) is 11.6 Å². The first-order valence-electron chi connectivity index (χ1n) is 11.8. The second-order valence-corrected chi connectivity index (χ2v) is 9.13. The number of piperidine rings is 1. The molecule has 0 radical (unpaired) electrons. The molecular formula is C26H35N5O2. The van der Waals surface area contributed by atoms with Crippen molar-refractivity contribution in [3.63, 3.8) is 0 Å². The highest BCUT2D eigenvalue weighted by Gasteiger charge is 2.26. The van der Waals surface area contributed by atoms with Gasteiger partial charge in [-0.25, -0.2) is 4.98 Å². The molecule has 7 heteroatoms. The molecule has 1 unspecified atom stereocenters. The van der Waals surface area contributed by atoms with E-state index in [2.05, 4.69) is 20.2 Å². The number of aromatic nitrogens is 2. The molecule has 0 saturated carbocycles. The smallest absolute Gasteiger partial charge is 0.261 e. The predicted molar refractivity (Wildman–Crippen MR) is 132 cm³/mol. The minimum Gasteiger partial charge on any atom is -0.480 e. The van der Waals surface area contributed by atoms with Crippen LogP contribution in [0.1, 0.15) is 48.7 Å². The van der Waals surface area contributed by atoms with Gasteiger partial charge in [-0.2, -0.15) is 0 Å². The lowest BCUT2D eigenvalue weighted by atomic mass is 10.0. The standard InChI is InChI=1S/C26H35N5O2/c1-5-22(33-23-14-16(2)25(27)18(4)17(23)3)26(32)28-19-10-12-31(13-11-19)15-24-29-20-8-6-7-9-21(20)30-24/h6-9,14,19,22H,5,10-13,15,27H2,1-4H3,(H,28,32)(H,29,30). The van der Waals surface area contributed by atoms with Gasteiger partial charge in [-0.1, -0.05) is 19.1 Å². The number of hydrogen-bond acceptors (Lipinski definition) is 5. The summed E-state index contributed by atoms with van der Waals surface area (Å²) in [5.41, 5.74) is 12.0. The molecule has 4 rings (SSSR count). The summed E-state index contributed by atoms with van der Waals surface area (Å²) in [6.07, 6.45) is 1.93. The molecular weight excluding hydrogens is 414 g/mol. The number of para-hydroxylation sites is 2. The van der Waals surface area contributed by atoms with Crippen molar-refractivity contribution < 1.29 is 9.53 Å². The van der Waals surface area contributed by atoms with Crippen LogP contribution in [-0.2, 0) is 11.3 Å². The van der Waals surface area contributed by atoms with Crippen LogP contribution in [0.3, 0.4) is 0 Å². The topological polar surface area (TPSA) is 96.3 Å². The highest BCUT2D eigenvalue weighted by molar-refractivity contribution is 5.81. The van der Waals surface area contributed by atoms with Crippen LogP contribution in [0.25, 0.3) is 11.0 Å². The van der Waals surface area contributed by atoms with Gasteiger partial charge in [0.2, 0.25) is 0 Å². The first-order chi connectivity index (χ1) is 15.9. The van der Waals surface area contributed by atoms with Crippen LogP contribution in [-0.4, -0.2) is 46.0 Å². The van der Waals surface area contributed by atoms with E-state index >= 15 is 0 Å². The Morgan fingerprint density at radius 3 is 2.67 bits per heavy atom. The lowest BCUT2D eigenvalue weighted by molar-refractivity contribution is -0.129. The molecule has 1 fully saturated rings. The summed E-state index contributed by atoms with van der Waals surface area (Å²) in [6, 6.07) is 10.2. The van der Waals surface area contributed by atoms with E-state index in [1.165, 1.54) is 0 Å². The molecule has 1 amide bonds. The molecule has 3 aromatic rings. The van der Waals surface area contributed by atoms with Crippen LogP contribution in [0.2, 0.25) is 0 Å². The minimum atomic E-state index is -0.514. The van der Waals surface area contributed by atoms with Gasteiger partial charge >= 0.3 is 0 Å². The molecule has 176 valence electrons. The molecule has 7 nitrogen and oxygen atoms in total. The SMILES string of the molecule is CCC(Oc1cc(C)c(N)c(C)c1C)C(=O)NC1CCN(Cc2nc3ccccc3[nH]2)CC1. The molecule has 0 spiro atoms. The van der Waals surface area contributed by atoms with Gasteiger partial charge in [0.15, 0.2) is 6.10 Å². The van der Waals surface area contributed by atoms with Crippen molar-refractivity contribution in [3.05, 3.63) is 52.8 Å². The highest BCUT2D eigenvalue weighted by Crippen LogP contribution is 2.30. The molecule has 1 aromatic heterocycles. The maximum atomic E-state index is 13.0. The Balaban J connectivity index is 1.30. The summed E-state index contributed by atoms with van der Waals surface area (Å²) in [6.45, 7) is 10.6. The van der Waals surface area contributed by atoms with Crippen molar-refractivity contribution in [2.45, 2.75) is 65.6 Å². The third-order valence-corrected chi connectivity index (χ3v) is 6.79. The highest BCUT2D eigenvalue weighted by atomic mass is 16.5. The van der Waals surface area contributed by atoms with Crippen LogP contribution in [0.15, 0.2) is 30.3 Å². The summed E-state index contributed by atoms with van der Waals surface area (Å²) in [4.78, 5) is 23.4. The summed E-state index contributed by atoms with van der Waals surface area (Å²) in [5.74, 6) is 1.68. The first kappa shape index (κ1) is 23.1. The van der Waals surface area contributed by atoms with E-state index in [4.69, 9.17) is 10.5 Å². The number of nitrogens with zero attached hydrogens (tertiary/aromatic N) is 2. The zero-order valence-corrected chi connectivity index (χ0v) is 20.1. The number of H-pyrrole nitrogens is 1. The van der Waals surface area contributed by atoms with Crippen molar-refractivity contribution in [1.82, 2.24) is 20.2 Å². The van der Waals surface area contributed by atoms with Gasteiger partial charge in [-0.05, 0) is 74.9 Å². The largest absolute Gasteiger partial charge is 0.480 e. The molecule has 2 aromatic carbocycles. The number of hydrogen-bond donors (Lipinski definition) is 3. The number of likely N-dealkylation sites (tertiary alicyclic amines) is 1. The first-order valence-corrected chi connectivity index (χ1v) is 11.8. The predicted octanol–water partition coefficient (Wildman–Crippen LogP) is 4.01. The monoisotopic (exact) mass is 449 g/mol. The van der Waals surface area contributed by atoms with E-state index < -0.39 is 6.10 Å². The minimum absolute atomic E-state index is 0.0419. The van der Waals surface area contributed by atoms with Gasteiger partial charge in [-0.15, -0.1) is 0 Å². The Morgan fingerprint density at radius 2 is 1.97 bits per heavy atom. The number of aryl methyl sites for hydroxylation is 1. The summed E-state index contributed by atoms with van der Waals surface area (Å²) < 4.78 is 6.15. The average molecular weight is 450 g/mol. The number of amides is 1. The third kappa shape index (κ3) is 5.14. The van der Waals surface area contributed by atoms with Gasteiger partial charge in [0, 0.05) is 24.8 Å². The van der Waals surface area contributed by atoms with Crippen LogP contribution in [0, 0.1) is 20.8 Å². The third-order valence-electron chi connectivity index (χ3n) is 6.79. The average Bonchev–Trinajstić information content (AvgIpc) is 3.22. The Kier molecular flexibility index (Phi) is 6.88. The Labute approximate surface area is 195 Å². The molecule has 33 heavy (non-hydrogen) atoms. The maximum absolute atomic E-state index is 13.0. The lowest BCUT2D eigenvalue weighted by Gasteiger charge is -2.32. The van der Waals surface area contributed by atoms with Crippen molar-refractivity contribution >= 4 is 22.6 Å². The molecule has 1 aliphatic rings. The van der Waals surface area contributed by atoms with Crippen molar-refractivity contribution in [2.24, 2.45) is 0 Å². The number of aromatic amines is 1. The van der Waals surface area contributed by atoms with Gasteiger partial charge < -0.3 is 20.8 Å². The van der Waals surface area contributed by atoms with Crippen LogP contribution < -0.4 is 15.8 Å². The second-order valence-electron chi connectivity index (χ2n) is 9.13. The van der Waals surface area contributed by atoms with E-state index in [1.807, 2.05) is 58.0 Å². The summed E-state index contributed by atoms with van der Waals surface area (Å²) >= 11 is 0. The number of carbonyl (C=O) groups is 1. The summed E-state index contributed by atoms with van der Waals surface area (Å²) in [7, 11) is 0. The van der Waals surface area contributed by atoms with E-state index in [-0.39, 0.29) is 11.9 Å². The van der Waals surface area contributed by atoms with Gasteiger partial charge in [-0.3, -0.25) is 9.69 Å². The van der Waals surface area contributed by atoms with E-state index in [9.17, 15) is 4.79 Å². The number of ether oxygens (including phenoxy) is 1. The Hall–Kier alpha value is -3.06. The van der Waals surface area contributed by atoms with E-state index in [1.54, 1.807) is 0 Å². The molecule has 1 atom stereocenters. The lowest BCUT2D eigenvalue weighted by Crippen LogP contribution is -2.48. The molecule has 1 saturated heterocycles. The van der Waals surface area contributed by atoms with Crippen LogP contribution in [0.4, 0.5) is 5.69 Å². The summed E-state index contributed by atoms with van der Waals surface area (Å²) in [5, 5.41) is 3.22. The quantitative estimate of drug-likeness (QED) is 0.474. The number of nitrogens with two attached hydrogens (primary N) is 1. The zero-order valence-electron chi connectivity index (χ0n) is 20.1. The molecule has 1 aliphatic heterocycles. The Bertz CT molecular complexity index is 1100. The fourth-order valence-corrected chi connectivity index (χ4v) is 4.48. The molecule has 0 bridgehead atoms. The number of nitrogen functional groups attached to an aromatic ring is 1. The number of benzene rings is 2. The maximum Gasteiger partial charge on any atom is 0.261 e. The molecule has 2 heterocycles. The fourth-order valence-electron chi connectivity index (χ4n) is 4.48. The fraction of sp³-hybridized carbons (Fsp3) is 0.462. The Morgan fingerprint density at radius 1 is 1.24 bits per heavy atom. The van der Waals surface area contributed by atoms with Crippen molar-refractivity contribution in [3.8, 4) is 5.75 Å². The van der Waals surface area contributed by atoms with E-state index in [0.717, 1.165) is 77.5 Å². The molecule has 4 N–H and O–H groups in total. The number of carbonyl (C=O) groups excluding carboxylic acids is 1. The van der Waals surface area contributed by atoms with Crippen molar-refractivity contribution in [1.29, 1.82) is 0 Å². The number of rotatable bonds is 7. The van der Waals surface area contributed by atoms with Crippen LogP contribution in [0.5, 0.6) is 5.75 Å². The molecule has 0 aliphatic carbocycles. The van der Waals surface area contributed by atoms with Gasteiger partial charge in [0.05, 0.1) is 17.6 Å². The van der Waals surface area contributed by atoms with Gasteiger partial charge in [0.25, 0.3) is 5.91 Å². The zero-order chi connectivity index (χ0) is 23.5. The normalized spacial score (nSPS) is 16.1. The van der Waals surface area contributed by atoms with E-state index in [0.29, 0.717) is 6.42 Å². The number of fused-ring (bicyclic) bond motifs is 1. The van der Waals surface area contributed by atoms with Crippen LogP contribution >= 0.6 is 0 Å². The number of nitrogens with one attached hydrogen (secondary N) is 2.